The van der Waals surface area contributed by atoms with Crippen molar-refractivity contribution in [3.05, 3.63) is 77.9 Å². The van der Waals surface area contributed by atoms with Crippen molar-refractivity contribution < 1.29 is 23.8 Å². The molecule has 2 aromatic rings. The summed E-state index contributed by atoms with van der Waals surface area (Å²) in [7, 11) is 0. The molecule has 3 rings (SSSR count). The number of nitrogens with zero attached hydrogens (tertiary/aromatic N) is 1. The Hall–Kier alpha value is -2.57. The average Bonchev–Trinajstić information content (AvgIpc) is 2.75. The topological polar surface area (TPSA) is 68.7 Å². The number of carbonyl (C=O) groups is 1. The Labute approximate surface area is 182 Å². The molecular weight excluding hydrogens is 397 g/mol. The smallest absolute Gasteiger partial charge is 0.303 e. The van der Waals surface area contributed by atoms with Crippen LogP contribution in [0.25, 0.3) is 0 Å². The van der Waals surface area contributed by atoms with Gasteiger partial charge in [-0.2, -0.15) is 0 Å². The maximum Gasteiger partial charge on any atom is 0.303 e. The van der Waals surface area contributed by atoms with E-state index in [0.717, 1.165) is 17.5 Å². The summed E-state index contributed by atoms with van der Waals surface area (Å²) in [6.07, 6.45) is 8.92. The zero-order valence-corrected chi connectivity index (χ0v) is 18.0. The standard InChI is InChI=1S/C25H30FNO4/c1-25(2,15-18-10-12-21(26)13-11-18)24-30-17-20(7-4-3-5-9-22(28)29)23(31-24)19-8-6-14-27-16-19/h3-4,6,8,10-14,16,20,23-24H,5,7,9,15,17H2,1-2H3,(H,28,29)/b4-3-. The van der Waals surface area contributed by atoms with Crippen LogP contribution in [0.4, 0.5) is 4.39 Å². The highest BCUT2D eigenvalue weighted by atomic mass is 19.1. The van der Waals surface area contributed by atoms with Gasteiger partial charge in [0.05, 0.1) is 12.7 Å². The first-order valence-corrected chi connectivity index (χ1v) is 10.6. The molecule has 0 saturated carbocycles. The predicted octanol–water partition coefficient (Wildman–Crippen LogP) is 5.33. The van der Waals surface area contributed by atoms with E-state index in [1.165, 1.54) is 12.1 Å². The van der Waals surface area contributed by atoms with E-state index in [-0.39, 0.29) is 29.7 Å². The summed E-state index contributed by atoms with van der Waals surface area (Å²) < 4.78 is 25.9. The normalized spacial score (nSPS) is 22.0. The van der Waals surface area contributed by atoms with Gasteiger partial charge in [-0.25, -0.2) is 4.39 Å². The first-order chi connectivity index (χ1) is 14.8. The lowest BCUT2D eigenvalue weighted by molar-refractivity contribution is -0.278. The monoisotopic (exact) mass is 427 g/mol. The lowest BCUT2D eigenvalue weighted by Crippen LogP contribution is -2.44. The Morgan fingerprint density at radius 1 is 1.26 bits per heavy atom. The van der Waals surface area contributed by atoms with Gasteiger partial charge < -0.3 is 14.6 Å². The maximum absolute atomic E-state index is 13.3. The van der Waals surface area contributed by atoms with E-state index in [0.29, 0.717) is 19.4 Å². The predicted molar refractivity (Wildman–Crippen MR) is 116 cm³/mol. The maximum atomic E-state index is 13.3. The van der Waals surface area contributed by atoms with Gasteiger partial charge in [0.15, 0.2) is 6.29 Å². The van der Waals surface area contributed by atoms with Gasteiger partial charge in [0.25, 0.3) is 0 Å². The van der Waals surface area contributed by atoms with E-state index in [9.17, 15) is 9.18 Å². The zero-order chi connectivity index (χ0) is 22.3. The lowest BCUT2D eigenvalue weighted by atomic mass is 9.83. The molecule has 1 saturated heterocycles. The summed E-state index contributed by atoms with van der Waals surface area (Å²) in [5.41, 5.74) is 1.71. The highest BCUT2D eigenvalue weighted by Crippen LogP contribution is 2.40. The number of carboxylic acid groups (broad SMARTS) is 1. The number of pyridine rings is 1. The number of aliphatic carboxylic acids is 1. The van der Waals surface area contributed by atoms with Crippen molar-refractivity contribution in [3.8, 4) is 0 Å². The SMILES string of the molecule is CC(C)(Cc1ccc(F)cc1)C1OCC(C/C=C\CCC(=O)O)C(c2cccnc2)O1. The number of hydrogen-bond donors (Lipinski definition) is 1. The third-order valence-electron chi connectivity index (χ3n) is 5.51. The molecule has 0 amide bonds. The van der Waals surface area contributed by atoms with Gasteiger partial charge in [0, 0.05) is 30.1 Å². The molecule has 1 fully saturated rings. The lowest BCUT2D eigenvalue weighted by Gasteiger charge is -2.43. The van der Waals surface area contributed by atoms with Crippen molar-refractivity contribution in [1.29, 1.82) is 0 Å². The number of rotatable bonds is 9. The molecule has 0 aliphatic carbocycles. The summed E-state index contributed by atoms with van der Waals surface area (Å²) >= 11 is 0. The number of benzene rings is 1. The van der Waals surface area contributed by atoms with Crippen LogP contribution in [0.15, 0.2) is 60.9 Å². The van der Waals surface area contributed by atoms with Crippen molar-refractivity contribution in [2.75, 3.05) is 6.61 Å². The number of halogens is 1. The Morgan fingerprint density at radius 3 is 2.71 bits per heavy atom. The molecule has 31 heavy (non-hydrogen) atoms. The molecule has 5 nitrogen and oxygen atoms in total. The minimum atomic E-state index is -0.798. The molecule has 0 radical (unpaired) electrons. The van der Waals surface area contributed by atoms with E-state index < -0.39 is 12.3 Å². The Balaban J connectivity index is 1.70. The fraction of sp³-hybridized carbons (Fsp3) is 0.440. The zero-order valence-electron chi connectivity index (χ0n) is 18.0. The quantitative estimate of drug-likeness (QED) is 0.548. The van der Waals surface area contributed by atoms with Gasteiger partial charge in [-0.05, 0) is 48.6 Å². The highest BCUT2D eigenvalue weighted by molar-refractivity contribution is 5.66. The van der Waals surface area contributed by atoms with Crippen LogP contribution in [0.1, 0.15) is 50.3 Å². The van der Waals surface area contributed by atoms with Gasteiger partial charge >= 0.3 is 5.97 Å². The van der Waals surface area contributed by atoms with Crippen LogP contribution in [0, 0.1) is 17.2 Å². The summed E-state index contributed by atoms with van der Waals surface area (Å²) in [6.45, 7) is 4.71. The second-order valence-electron chi connectivity index (χ2n) is 8.70. The minimum absolute atomic E-state index is 0.100. The number of hydrogen-bond acceptors (Lipinski definition) is 4. The second kappa shape index (κ2) is 10.6. The number of allylic oxidation sites excluding steroid dienone is 2. The van der Waals surface area contributed by atoms with Crippen LogP contribution in [0.2, 0.25) is 0 Å². The van der Waals surface area contributed by atoms with Gasteiger partial charge in [-0.15, -0.1) is 0 Å². The molecule has 0 spiro atoms. The molecule has 1 N–H and O–H groups in total. The Morgan fingerprint density at radius 2 is 2.03 bits per heavy atom. The third-order valence-corrected chi connectivity index (χ3v) is 5.51. The summed E-state index contributed by atoms with van der Waals surface area (Å²) in [4.78, 5) is 14.9. The molecule has 1 aromatic carbocycles. The molecule has 1 aliphatic rings. The summed E-state index contributed by atoms with van der Waals surface area (Å²) in [5, 5.41) is 8.78. The van der Waals surface area contributed by atoms with E-state index in [4.69, 9.17) is 14.6 Å². The van der Waals surface area contributed by atoms with E-state index in [1.807, 2.05) is 30.5 Å². The molecule has 1 aromatic heterocycles. The minimum Gasteiger partial charge on any atom is -0.481 e. The highest BCUT2D eigenvalue weighted by Gasteiger charge is 2.40. The van der Waals surface area contributed by atoms with Crippen LogP contribution in [0.5, 0.6) is 0 Å². The van der Waals surface area contributed by atoms with Crippen molar-refractivity contribution in [3.63, 3.8) is 0 Å². The number of ether oxygens (including phenoxy) is 2. The van der Waals surface area contributed by atoms with Gasteiger partial charge in [0.2, 0.25) is 0 Å². The first-order valence-electron chi connectivity index (χ1n) is 10.6. The summed E-state index contributed by atoms with van der Waals surface area (Å²) in [5.74, 6) is -0.945. The number of aromatic nitrogens is 1. The fourth-order valence-corrected chi connectivity index (χ4v) is 3.89. The molecular formula is C25H30FNO4. The Kier molecular flexibility index (Phi) is 7.93. The average molecular weight is 428 g/mol. The largest absolute Gasteiger partial charge is 0.481 e. The van der Waals surface area contributed by atoms with E-state index in [2.05, 4.69) is 18.8 Å². The van der Waals surface area contributed by atoms with Crippen LogP contribution >= 0.6 is 0 Å². The molecule has 3 atom stereocenters. The van der Waals surface area contributed by atoms with Gasteiger partial charge in [-0.3, -0.25) is 9.78 Å². The molecule has 0 bridgehead atoms. The number of carboxylic acids is 1. The van der Waals surface area contributed by atoms with Crippen molar-refractivity contribution >= 4 is 5.97 Å². The molecule has 3 unspecified atom stereocenters. The van der Waals surface area contributed by atoms with Crippen LogP contribution in [-0.2, 0) is 20.7 Å². The van der Waals surface area contributed by atoms with Gasteiger partial charge in [-0.1, -0.05) is 44.2 Å². The fourth-order valence-electron chi connectivity index (χ4n) is 3.89. The molecule has 1 aliphatic heterocycles. The van der Waals surface area contributed by atoms with Crippen LogP contribution in [0.3, 0.4) is 0 Å². The van der Waals surface area contributed by atoms with Crippen molar-refractivity contribution in [2.45, 2.75) is 51.9 Å². The summed E-state index contributed by atoms with van der Waals surface area (Å²) in [6, 6.07) is 10.4. The molecule has 166 valence electrons. The van der Waals surface area contributed by atoms with Gasteiger partial charge in [0.1, 0.15) is 5.82 Å². The molecule has 6 heteroatoms. The van der Waals surface area contributed by atoms with Crippen molar-refractivity contribution in [2.24, 2.45) is 11.3 Å². The molecule has 2 heterocycles. The second-order valence-corrected chi connectivity index (χ2v) is 8.70. The van der Waals surface area contributed by atoms with E-state index in [1.54, 1.807) is 18.3 Å². The third kappa shape index (κ3) is 6.71. The first kappa shape index (κ1) is 23.1. The Bertz CT molecular complexity index is 867. The van der Waals surface area contributed by atoms with E-state index >= 15 is 0 Å². The van der Waals surface area contributed by atoms with Crippen LogP contribution in [-0.4, -0.2) is 29.0 Å². The van der Waals surface area contributed by atoms with Crippen LogP contribution < -0.4 is 0 Å². The van der Waals surface area contributed by atoms with Crippen molar-refractivity contribution in [1.82, 2.24) is 4.98 Å².